The molecule has 0 aliphatic heterocycles. The van der Waals surface area contributed by atoms with Gasteiger partial charge in [0.1, 0.15) is 23.0 Å². The predicted molar refractivity (Wildman–Crippen MR) is 75.5 cm³/mol. The van der Waals surface area contributed by atoms with Crippen molar-refractivity contribution < 1.29 is 14.3 Å². The van der Waals surface area contributed by atoms with Gasteiger partial charge in [-0.25, -0.2) is 0 Å². The molecule has 0 atom stereocenters. The van der Waals surface area contributed by atoms with Crippen molar-refractivity contribution in [2.75, 3.05) is 20.3 Å². The van der Waals surface area contributed by atoms with Gasteiger partial charge in [0.25, 0.3) is 5.91 Å². The summed E-state index contributed by atoms with van der Waals surface area (Å²) < 4.78 is 14.3. The number of hydrogen-bond donors (Lipinski definition) is 1. The molecule has 1 aromatic heterocycles. The van der Waals surface area contributed by atoms with Gasteiger partial charge in [0.05, 0.1) is 19.3 Å². The minimum absolute atomic E-state index is 0.171. The highest BCUT2D eigenvalue weighted by Crippen LogP contribution is 2.16. The maximum absolute atomic E-state index is 11.8. The van der Waals surface area contributed by atoms with E-state index in [0.29, 0.717) is 23.7 Å². The van der Waals surface area contributed by atoms with E-state index >= 15 is 0 Å². The molecule has 1 amide bonds. The molecule has 0 radical (unpaired) electrons. The zero-order valence-corrected chi connectivity index (χ0v) is 12.1. The number of amides is 1. The number of hydrogen-bond acceptors (Lipinski definition) is 6. The van der Waals surface area contributed by atoms with Crippen LogP contribution in [0.15, 0.2) is 24.3 Å². The first-order chi connectivity index (χ1) is 9.70. The second-order valence-corrected chi connectivity index (χ2v) is 4.72. The molecule has 0 spiro atoms. The van der Waals surface area contributed by atoms with Crippen LogP contribution in [0, 0.1) is 6.92 Å². The number of aromatic nitrogens is 2. The Bertz CT molecular complexity index is 568. The summed E-state index contributed by atoms with van der Waals surface area (Å²) in [7, 11) is 1.61. The van der Waals surface area contributed by atoms with Gasteiger partial charge >= 0.3 is 0 Å². The van der Waals surface area contributed by atoms with E-state index in [4.69, 9.17) is 9.47 Å². The zero-order chi connectivity index (χ0) is 14.4. The average Bonchev–Trinajstić information content (AvgIpc) is 2.90. The second-order valence-electron chi connectivity index (χ2n) is 3.97. The number of rotatable bonds is 6. The number of nitrogens with zero attached hydrogens (tertiary/aromatic N) is 2. The third-order valence-electron chi connectivity index (χ3n) is 2.57. The summed E-state index contributed by atoms with van der Waals surface area (Å²) in [5.74, 6) is 1.34. The average molecular weight is 293 g/mol. The topological polar surface area (TPSA) is 73.3 Å². The van der Waals surface area contributed by atoms with Gasteiger partial charge in [0.15, 0.2) is 0 Å². The summed E-state index contributed by atoms with van der Waals surface area (Å²) in [5.41, 5.74) is 0.642. The third kappa shape index (κ3) is 3.67. The first-order valence-electron chi connectivity index (χ1n) is 6.04. The molecular weight excluding hydrogens is 278 g/mol. The Kier molecular flexibility index (Phi) is 4.89. The molecular formula is C13H15N3O3S. The van der Waals surface area contributed by atoms with E-state index in [9.17, 15) is 4.79 Å². The Morgan fingerprint density at radius 3 is 2.60 bits per heavy atom. The molecule has 0 aliphatic carbocycles. The molecule has 7 heteroatoms. The smallest absolute Gasteiger partial charge is 0.265 e. The van der Waals surface area contributed by atoms with Crippen molar-refractivity contribution in [3.05, 3.63) is 34.8 Å². The summed E-state index contributed by atoms with van der Waals surface area (Å²) in [6.07, 6.45) is 0. The van der Waals surface area contributed by atoms with Crippen LogP contribution in [0.5, 0.6) is 11.5 Å². The van der Waals surface area contributed by atoms with Crippen molar-refractivity contribution in [2.24, 2.45) is 0 Å². The summed E-state index contributed by atoms with van der Waals surface area (Å²) in [4.78, 5) is 12.3. The molecule has 1 N–H and O–H groups in total. The SMILES string of the molecule is COc1ccc(OCCNC(=O)c2snnc2C)cc1. The number of ether oxygens (including phenoxy) is 2. The second kappa shape index (κ2) is 6.85. The van der Waals surface area contributed by atoms with Crippen molar-refractivity contribution >= 4 is 17.4 Å². The lowest BCUT2D eigenvalue weighted by Gasteiger charge is -2.07. The highest BCUT2D eigenvalue weighted by molar-refractivity contribution is 7.07. The molecule has 106 valence electrons. The van der Waals surface area contributed by atoms with E-state index in [1.807, 2.05) is 24.3 Å². The van der Waals surface area contributed by atoms with Gasteiger partial charge in [-0.2, -0.15) is 0 Å². The summed E-state index contributed by atoms with van der Waals surface area (Å²) in [5, 5.41) is 6.55. The van der Waals surface area contributed by atoms with Crippen LogP contribution >= 0.6 is 11.5 Å². The van der Waals surface area contributed by atoms with Crippen LogP contribution < -0.4 is 14.8 Å². The lowest BCUT2D eigenvalue weighted by molar-refractivity contribution is 0.0950. The van der Waals surface area contributed by atoms with Gasteiger partial charge in [-0.3, -0.25) is 4.79 Å². The van der Waals surface area contributed by atoms with E-state index in [1.165, 1.54) is 0 Å². The first kappa shape index (κ1) is 14.3. The third-order valence-corrected chi connectivity index (χ3v) is 3.40. The van der Waals surface area contributed by atoms with Crippen molar-refractivity contribution in [1.82, 2.24) is 14.9 Å². The minimum atomic E-state index is -0.171. The van der Waals surface area contributed by atoms with Crippen molar-refractivity contribution in [1.29, 1.82) is 0 Å². The van der Waals surface area contributed by atoms with Crippen LogP contribution in [0.3, 0.4) is 0 Å². The molecule has 20 heavy (non-hydrogen) atoms. The molecule has 0 fully saturated rings. The van der Waals surface area contributed by atoms with Crippen LogP contribution in [-0.4, -0.2) is 35.8 Å². The minimum Gasteiger partial charge on any atom is -0.497 e. The van der Waals surface area contributed by atoms with Gasteiger partial charge in [-0.1, -0.05) is 4.49 Å². The van der Waals surface area contributed by atoms with E-state index in [-0.39, 0.29) is 5.91 Å². The van der Waals surface area contributed by atoms with Gasteiger partial charge in [0.2, 0.25) is 0 Å². The molecule has 0 aliphatic rings. The summed E-state index contributed by atoms with van der Waals surface area (Å²) >= 11 is 1.09. The standard InChI is InChI=1S/C13H15N3O3S/c1-9-12(20-16-15-9)13(17)14-7-8-19-11-5-3-10(18-2)4-6-11/h3-6H,7-8H2,1-2H3,(H,14,17). The number of methoxy groups -OCH3 is 1. The molecule has 0 saturated heterocycles. The summed E-state index contributed by atoms with van der Waals surface area (Å²) in [6.45, 7) is 2.57. The molecule has 1 aromatic carbocycles. The summed E-state index contributed by atoms with van der Waals surface area (Å²) in [6, 6.07) is 7.27. The zero-order valence-electron chi connectivity index (χ0n) is 11.3. The van der Waals surface area contributed by atoms with Gasteiger partial charge in [0, 0.05) is 0 Å². The fourth-order valence-electron chi connectivity index (χ4n) is 1.53. The fraction of sp³-hybridized carbons (Fsp3) is 0.308. The highest BCUT2D eigenvalue weighted by Gasteiger charge is 2.11. The first-order valence-corrected chi connectivity index (χ1v) is 6.82. The Balaban J connectivity index is 1.73. The maximum atomic E-state index is 11.8. The lowest BCUT2D eigenvalue weighted by atomic mass is 10.3. The maximum Gasteiger partial charge on any atom is 0.265 e. The van der Waals surface area contributed by atoms with Gasteiger partial charge < -0.3 is 14.8 Å². The van der Waals surface area contributed by atoms with E-state index in [0.717, 1.165) is 23.0 Å². The van der Waals surface area contributed by atoms with Crippen molar-refractivity contribution in [3.8, 4) is 11.5 Å². The number of benzene rings is 1. The van der Waals surface area contributed by atoms with Crippen molar-refractivity contribution in [2.45, 2.75) is 6.92 Å². The Morgan fingerprint density at radius 2 is 2.00 bits per heavy atom. The van der Waals surface area contributed by atoms with Gasteiger partial charge in [-0.15, -0.1) is 5.10 Å². The van der Waals surface area contributed by atoms with Crippen LogP contribution in [0.25, 0.3) is 0 Å². The fourth-order valence-corrected chi connectivity index (χ4v) is 2.10. The van der Waals surface area contributed by atoms with Crippen LogP contribution in [0.1, 0.15) is 15.4 Å². The lowest BCUT2D eigenvalue weighted by Crippen LogP contribution is -2.27. The molecule has 0 saturated carbocycles. The number of carbonyl (C=O) groups is 1. The molecule has 2 rings (SSSR count). The molecule has 6 nitrogen and oxygen atoms in total. The predicted octanol–water partition coefficient (Wildman–Crippen LogP) is 1.66. The van der Waals surface area contributed by atoms with E-state index in [1.54, 1.807) is 14.0 Å². The Labute approximate surface area is 120 Å². The number of nitrogens with one attached hydrogen (secondary N) is 1. The normalized spacial score (nSPS) is 10.1. The van der Waals surface area contributed by atoms with Crippen molar-refractivity contribution in [3.63, 3.8) is 0 Å². The highest BCUT2D eigenvalue weighted by atomic mass is 32.1. The quantitative estimate of drug-likeness (QED) is 0.820. The van der Waals surface area contributed by atoms with E-state index in [2.05, 4.69) is 14.9 Å². The van der Waals surface area contributed by atoms with Crippen LogP contribution in [0.2, 0.25) is 0 Å². The molecule has 0 unspecified atom stereocenters. The van der Waals surface area contributed by atoms with E-state index < -0.39 is 0 Å². The van der Waals surface area contributed by atoms with Gasteiger partial charge in [-0.05, 0) is 42.7 Å². The Hall–Kier alpha value is -2.15. The largest absolute Gasteiger partial charge is 0.497 e. The Morgan fingerprint density at radius 1 is 1.30 bits per heavy atom. The molecule has 2 aromatic rings. The molecule has 1 heterocycles. The van der Waals surface area contributed by atoms with Crippen LogP contribution in [0.4, 0.5) is 0 Å². The van der Waals surface area contributed by atoms with Crippen LogP contribution in [-0.2, 0) is 0 Å². The number of aryl methyl sites for hydroxylation is 1. The molecule has 0 bridgehead atoms. The monoisotopic (exact) mass is 293 g/mol. The number of carbonyl (C=O) groups excluding carboxylic acids is 1.